The van der Waals surface area contributed by atoms with Crippen LogP contribution in [0.25, 0.3) is 0 Å². The van der Waals surface area contributed by atoms with Gasteiger partial charge in [-0.3, -0.25) is 0 Å². The van der Waals surface area contributed by atoms with Crippen molar-refractivity contribution in [1.29, 1.82) is 0 Å². The van der Waals surface area contributed by atoms with E-state index < -0.39 is 68.0 Å². The van der Waals surface area contributed by atoms with E-state index in [1.807, 2.05) is 0 Å². The Labute approximate surface area is 167 Å². The lowest BCUT2D eigenvalue weighted by Gasteiger charge is -2.46. The van der Waals surface area contributed by atoms with Crippen molar-refractivity contribution >= 4 is 0 Å². The average Bonchev–Trinajstić information content (AvgIpc) is 2.71. The van der Waals surface area contributed by atoms with Gasteiger partial charge in [-0.1, -0.05) is 0 Å². The molecule has 0 saturated carbocycles. The van der Waals surface area contributed by atoms with Crippen molar-refractivity contribution < 1.29 is 59.1 Å². The van der Waals surface area contributed by atoms with Crippen LogP contribution in [-0.2, 0) is 28.4 Å². The van der Waals surface area contributed by atoms with E-state index in [1.165, 1.54) is 7.11 Å². The van der Waals surface area contributed by atoms with E-state index >= 15 is 0 Å². The molecule has 13 nitrogen and oxygen atoms in total. The molecule has 0 unspecified atom stereocenters. The molecule has 172 valence electrons. The van der Waals surface area contributed by atoms with Gasteiger partial charge in [-0.2, -0.15) is 0 Å². The maximum Gasteiger partial charge on any atom is 0.187 e. The van der Waals surface area contributed by atoms with Gasteiger partial charge in [0.15, 0.2) is 12.6 Å². The summed E-state index contributed by atoms with van der Waals surface area (Å²) in [6, 6.07) is 0. The Morgan fingerprint density at radius 3 is 2.17 bits per heavy atom. The van der Waals surface area contributed by atoms with E-state index in [4.69, 9.17) is 34.2 Å². The third-order valence-corrected chi connectivity index (χ3v) is 4.66. The number of nitrogens with two attached hydrogens (primary N) is 1. The molecule has 2 heterocycles. The van der Waals surface area contributed by atoms with Gasteiger partial charge in [0, 0.05) is 13.7 Å². The summed E-state index contributed by atoms with van der Waals surface area (Å²) in [5.41, 5.74) is 5.40. The molecule has 0 aromatic carbocycles. The number of rotatable bonds is 10. The van der Waals surface area contributed by atoms with Gasteiger partial charge in [-0.25, -0.2) is 0 Å². The molecule has 2 aliphatic heterocycles. The minimum absolute atomic E-state index is 0.0518. The highest BCUT2D eigenvalue weighted by Crippen LogP contribution is 2.29. The molecule has 13 heteroatoms. The van der Waals surface area contributed by atoms with E-state index in [2.05, 4.69) is 0 Å². The minimum Gasteiger partial charge on any atom is -0.394 e. The largest absolute Gasteiger partial charge is 0.394 e. The fourth-order valence-corrected chi connectivity index (χ4v) is 3.10. The van der Waals surface area contributed by atoms with Crippen LogP contribution in [0, 0.1) is 0 Å². The maximum atomic E-state index is 10.6. The second-order valence-electron chi connectivity index (χ2n) is 6.76. The first kappa shape index (κ1) is 24.7. The zero-order valence-corrected chi connectivity index (χ0v) is 16.0. The standard InChI is InChI=1S/C16H31NO12/c1-24-6-25-5-8-10(20)14(13(23)15(28-8)26-3-2-17)29-16-12(22)11(21)9(19)7(4-18)27-16/h7-16,18-23H,2-6,17H2,1H3/t7-,8-,9-,10-,11+,12+,13+,14+,15+,16-/m1/s1. The Hall–Kier alpha value is -0.520. The van der Waals surface area contributed by atoms with E-state index in [0.717, 1.165) is 0 Å². The normalized spacial score (nSPS) is 43.4. The summed E-state index contributed by atoms with van der Waals surface area (Å²) < 4.78 is 31.6. The van der Waals surface area contributed by atoms with Gasteiger partial charge in [0.2, 0.25) is 0 Å². The topological polar surface area (TPSA) is 203 Å². The molecule has 0 spiro atoms. The van der Waals surface area contributed by atoms with Gasteiger partial charge >= 0.3 is 0 Å². The van der Waals surface area contributed by atoms with Crippen LogP contribution in [0.15, 0.2) is 0 Å². The van der Waals surface area contributed by atoms with Crippen molar-refractivity contribution in [3.05, 3.63) is 0 Å². The van der Waals surface area contributed by atoms with Gasteiger partial charge in [-0.15, -0.1) is 0 Å². The Morgan fingerprint density at radius 1 is 0.862 bits per heavy atom. The van der Waals surface area contributed by atoms with Crippen LogP contribution in [0.4, 0.5) is 0 Å². The summed E-state index contributed by atoms with van der Waals surface area (Å²) in [6.45, 7) is -0.645. The SMILES string of the molecule is COCOC[C@H]1O[C@H](OCCN)[C@@H](O)[C@@H](O[C@H]2O[C@H](CO)[C@@H](O)[C@H](O)[C@@H]2O)[C@@H]1O. The number of aliphatic hydroxyl groups excluding tert-OH is 6. The molecular formula is C16H31NO12. The van der Waals surface area contributed by atoms with Gasteiger partial charge < -0.3 is 64.8 Å². The highest BCUT2D eigenvalue weighted by atomic mass is 16.7. The predicted molar refractivity (Wildman–Crippen MR) is 92.1 cm³/mol. The van der Waals surface area contributed by atoms with Crippen LogP contribution < -0.4 is 5.73 Å². The quantitative estimate of drug-likeness (QED) is 0.129. The second-order valence-corrected chi connectivity index (χ2v) is 6.76. The van der Waals surface area contributed by atoms with E-state index in [-0.39, 0.29) is 26.6 Å². The Kier molecular flexibility index (Phi) is 10.0. The molecule has 0 aliphatic carbocycles. The lowest BCUT2D eigenvalue weighted by Crippen LogP contribution is -2.65. The lowest BCUT2D eigenvalue weighted by molar-refractivity contribution is -0.361. The average molecular weight is 429 g/mol. The number of ether oxygens (including phenoxy) is 6. The van der Waals surface area contributed by atoms with Crippen molar-refractivity contribution in [3.63, 3.8) is 0 Å². The van der Waals surface area contributed by atoms with Crippen molar-refractivity contribution in [3.8, 4) is 0 Å². The molecule has 2 fully saturated rings. The van der Waals surface area contributed by atoms with Crippen molar-refractivity contribution in [2.45, 2.75) is 61.4 Å². The highest BCUT2D eigenvalue weighted by molar-refractivity contribution is 4.94. The van der Waals surface area contributed by atoms with Crippen molar-refractivity contribution in [2.24, 2.45) is 5.73 Å². The zero-order chi connectivity index (χ0) is 21.6. The molecule has 10 atom stereocenters. The van der Waals surface area contributed by atoms with Gasteiger partial charge in [-0.05, 0) is 0 Å². The third kappa shape index (κ3) is 6.01. The van der Waals surface area contributed by atoms with Gasteiger partial charge in [0.1, 0.15) is 55.6 Å². The fraction of sp³-hybridized carbons (Fsp3) is 1.00. The molecule has 2 aliphatic rings. The Bertz CT molecular complexity index is 471. The first-order valence-electron chi connectivity index (χ1n) is 9.21. The van der Waals surface area contributed by atoms with Gasteiger partial charge in [0.25, 0.3) is 0 Å². The van der Waals surface area contributed by atoms with Crippen LogP contribution in [-0.4, -0.2) is 132 Å². The van der Waals surface area contributed by atoms with Crippen LogP contribution >= 0.6 is 0 Å². The Balaban J connectivity index is 2.13. The molecule has 29 heavy (non-hydrogen) atoms. The van der Waals surface area contributed by atoms with Crippen molar-refractivity contribution in [1.82, 2.24) is 0 Å². The molecule has 0 aromatic heterocycles. The summed E-state index contributed by atoms with van der Waals surface area (Å²) in [7, 11) is 1.42. The monoisotopic (exact) mass is 429 g/mol. The number of hydrogen-bond acceptors (Lipinski definition) is 13. The summed E-state index contributed by atoms with van der Waals surface area (Å²) in [5, 5.41) is 60.3. The van der Waals surface area contributed by atoms with E-state index in [0.29, 0.717) is 0 Å². The van der Waals surface area contributed by atoms with Crippen molar-refractivity contribution in [2.75, 3.05) is 40.3 Å². The molecule has 2 rings (SSSR count). The van der Waals surface area contributed by atoms with Gasteiger partial charge in [0.05, 0.1) is 19.8 Å². The molecule has 0 bridgehead atoms. The summed E-state index contributed by atoms with van der Waals surface area (Å²) in [6.07, 6.45) is -14.3. The molecule has 0 amide bonds. The summed E-state index contributed by atoms with van der Waals surface area (Å²) in [5.74, 6) is 0. The number of hydrogen-bond donors (Lipinski definition) is 7. The third-order valence-electron chi connectivity index (χ3n) is 4.66. The van der Waals surface area contributed by atoms with Crippen LogP contribution in [0.5, 0.6) is 0 Å². The predicted octanol–water partition coefficient (Wildman–Crippen LogP) is -4.79. The molecule has 0 aromatic rings. The molecule has 0 radical (unpaired) electrons. The zero-order valence-electron chi connectivity index (χ0n) is 16.0. The molecule has 2 saturated heterocycles. The highest BCUT2D eigenvalue weighted by Gasteiger charge is 2.51. The summed E-state index contributed by atoms with van der Waals surface area (Å²) in [4.78, 5) is 0. The van der Waals surface area contributed by atoms with E-state index in [1.54, 1.807) is 0 Å². The minimum atomic E-state index is -1.71. The van der Waals surface area contributed by atoms with Crippen LogP contribution in [0.1, 0.15) is 0 Å². The number of methoxy groups -OCH3 is 1. The smallest absolute Gasteiger partial charge is 0.187 e. The Morgan fingerprint density at radius 2 is 1.55 bits per heavy atom. The first-order valence-corrected chi connectivity index (χ1v) is 9.21. The lowest BCUT2D eigenvalue weighted by atomic mass is 9.97. The summed E-state index contributed by atoms with van der Waals surface area (Å²) >= 11 is 0. The number of aliphatic hydroxyl groups is 6. The maximum absolute atomic E-state index is 10.6. The molecular weight excluding hydrogens is 398 g/mol. The van der Waals surface area contributed by atoms with Crippen LogP contribution in [0.3, 0.4) is 0 Å². The van der Waals surface area contributed by atoms with E-state index in [9.17, 15) is 30.6 Å². The first-order chi connectivity index (χ1) is 13.8. The van der Waals surface area contributed by atoms with Crippen LogP contribution in [0.2, 0.25) is 0 Å². The fourth-order valence-electron chi connectivity index (χ4n) is 3.10. The molecule has 8 N–H and O–H groups in total. The second kappa shape index (κ2) is 11.8.